The van der Waals surface area contributed by atoms with E-state index in [0.29, 0.717) is 17.5 Å². The molecule has 0 aliphatic rings. The highest BCUT2D eigenvalue weighted by molar-refractivity contribution is 6.22. The highest BCUT2D eigenvalue weighted by Crippen LogP contribution is 2.32. The molecule has 0 aliphatic heterocycles. The number of ketones is 2. The molecule has 0 radical (unpaired) electrons. The summed E-state index contributed by atoms with van der Waals surface area (Å²) in [5, 5.41) is 0. The maximum absolute atomic E-state index is 13.2. The molecule has 2 aromatic carbocycles. The number of methoxy groups -OCH3 is 1. The molecule has 0 bridgehead atoms. The average molecular weight is 310 g/mol. The predicted molar refractivity (Wildman–Crippen MR) is 90.7 cm³/mol. The molecule has 0 saturated carbocycles. The number of benzene rings is 2. The van der Waals surface area contributed by atoms with E-state index in [2.05, 4.69) is 0 Å². The number of Topliss-reactive ketones (excluding diaryl/α,β-unsaturated/α-hetero) is 2. The molecule has 0 aliphatic carbocycles. The minimum absolute atomic E-state index is 0.243. The maximum Gasteiger partial charge on any atom is 0.202 e. The lowest BCUT2D eigenvalue weighted by molar-refractivity contribution is -0.0164. The molecule has 0 saturated heterocycles. The van der Waals surface area contributed by atoms with Gasteiger partial charge in [-0.05, 0) is 12.3 Å². The van der Waals surface area contributed by atoms with Crippen LogP contribution >= 0.6 is 0 Å². The summed E-state index contributed by atoms with van der Waals surface area (Å²) in [5.74, 6) is -0.819. The van der Waals surface area contributed by atoms with Crippen molar-refractivity contribution >= 4 is 11.6 Å². The zero-order valence-electron chi connectivity index (χ0n) is 13.8. The molecule has 0 N–H and O–H groups in total. The van der Waals surface area contributed by atoms with Crippen LogP contribution in [0, 0.1) is 5.92 Å². The van der Waals surface area contributed by atoms with Crippen LogP contribution in [0.1, 0.15) is 41.0 Å². The Bertz CT molecular complexity index is 610. The van der Waals surface area contributed by atoms with Crippen LogP contribution in [0.2, 0.25) is 0 Å². The van der Waals surface area contributed by atoms with Crippen molar-refractivity contribution in [3.63, 3.8) is 0 Å². The molecule has 2 aromatic rings. The minimum Gasteiger partial charge on any atom is -0.362 e. The first kappa shape index (κ1) is 17.1. The number of rotatable bonds is 7. The van der Waals surface area contributed by atoms with E-state index in [-0.39, 0.29) is 17.5 Å². The van der Waals surface area contributed by atoms with E-state index in [9.17, 15) is 9.59 Å². The first-order chi connectivity index (χ1) is 11.1. The molecule has 0 aromatic heterocycles. The Balaban J connectivity index is 2.57. The van der Waals surface area contributed by atoms with Crippen LogP contribution in [0.25, 0.3) is 0 Å². The molecule has 2 rings (SSSR count). The summed E-state index contributed by atoms with van der Waals surface area (Å²) in [6.45, 7) is 3.83. The van der Waals surface area contributed by atoms with Crippen molar-refractivity contribution in [3.05, 3.63) is 71.8 Å². The molecule has 3 nitrogen and oxygen atoms in total. The van der Waals surface area contributed by atoms with Crippen LogP contribution < -0.4 is 0 Å². The summed E-state index contributed by atoms with van der Waals surface area (Å²) in [7, 11) is 1.44. The van der Waals surface area contributed by atoms with Crippen LogP contribution in [-0.2, 0) is 4.74 Å². The van der Waals surface area contributed by atoms with E-state index in [1.165, 1.54) is 7.11 Å². The van der Waals surface area contributed by atoms with Gasteiger partial charge in [-0.25, -0.2) is 0 Å². The molecule has 120 valence electrons. The van der Waals surface area contributed by atoms with Crippen molar-refractivity contribution in [2.75, 3.05) is 7.11 Å². The smallest absolute Gasteiger partial charge is 0.202 e. The van der Waals surface area contributed by atoms with Crippen molar-refractivity contribution < 1.29 is 14.3 Å². The van der Waals surface area contributed by atoms with E-state index in [0.717, 1.165) is 0 Å². The van der Waals surface area contributed by atoms with Gasteiger partial charge in [-0.15, -0.1) is 0 Å². The molecule has 0 heterocycles. The van der Waals surface area contributed by atoms with Crippen LogP contribution in [0.4, 0.5) is 0 Å². The summed E-state index contributed by atoms with van der Waals surface area (Å²) < 4.78 is 5.62. The first-order valence-electron chi connectivity index (χ1n) is 7.82. The van der Waals surface area contributed by atoms with Crippen molar-refractivity contribution in [2.45, 2.75) is 25.9 Å². The SMILES string of the molecule is CCC(C)C(OC)(C(=O)c1ccccc1)C(=O)c1ccccc1. The van der Waals surface area contributed by atoms with Crippen molar-refractivity contribution in [2.24, 2.45) is 5.92 Å². The Hall–Kier alpha value is -2.26. The van der Waals surface area contributed by atoms with Crippen molar-refractivity contribution in [1.29, 1.82) is 0 Å². The highest BCUT2D eigenvalue weighted by atomic mass is 16.5. The first-order valence-corrected chi connectivity index (χ1v) is 7.82. The summed E-state index contributed by atoms with van der Waals surface area (Å²) in [4.78, 5) is 26.3. The van der Waals surface area contributed by atoms with Gasteiger partial charge in [-0.3, -0.25) is 9.59 Å². The van der Waals surface area contributed by atoms with Crippen LogP contribution in [0.15, 0.2) is 60.7 Å². The second-order valence-electron chi connectivity index (χ2n) is 5.64. The van der Waals surface area contributed by atoms with Gasteiger partial charge in [0.2, 0.25) is 11.6 Å². The van der Waals surface area contributed by atoms with Crippen molar-refractivity contribution in [1.82, 2.24) is 0 Å². The number of ether oxygens (including phenoxy) is 1. The Morgan fingerprint density at radius 2 is 1.30 bits per heavy atom. The Labute approximate surface area is 137 Å². The van der Waals surface area contributed by atoms with Crippen molar-refractivity contribution in [3.8, 4) is 0 Å². The molecular formula is C20H22O3. The van der Waals surface area contributed by atoms with E-state index in [1.54, 1.807) is 48.5 Å². The summed E-state index contributed by atoms with van der Waals surface area (Å²) in [6, 6.07) is 17.7. The van der Waals surface area contributed by atoms with Gasteiger partial charge in [-0.2, -0.15) is 0 Å². The normalized spacial score (nSPS) is 12.7. The average Bonchev–Trinajstić information content (AvgIpc) is 2.63. The fourth-order valence-corrected chi connectivity index (χ4v) is 2.83. The van der Waals surface area contributed by atoms with Gasteiger partial charge < -0.3 is 4.74 Å². The van der Waals surface area contributed by atoms with Gasteiger partial charge in [0.25, 0.3) is 0 Å². The second-order valence-corrected chi connectivity index (χ2v) is 5.64. The van der Waals surface area contributed by atoms with E-state index in [4.69, 9.17) is 4.74 Å². The summed E-state index contributed by atoms with van der Waals surface area (Å²) in [6.07, 6.45) is 0.658. The highest BCUT2D eigenvalue weighted by Gasteiger charge is 2.50. The van der Waals surface area contributed by atoms with Gasteiger partial charge in [0.15, 0.2) is 5.60 Å². The molecular weight excluding hydrogens is 288 g/mol. The molecule has 0 amide bonds. The van der Waals surface area contributed by atoms with Gasteiger partial charge in [0.1, 0.15) is 0 Å². The second kappa shape index (κ2) is 7.34. The van der Waals surface area contributed by atoms with E-state index >= 15 is 0 Å². The third-order valence-electron chi connectivity index (χ3n) is 4.37. The van der Waals surface area contributed by atoms with Crippen LogP contribution in [0.5, 0.6) is 0 Å². The Morgan fingerprint density at radius 1 is 0.913 bits per heavy atom. The fourth-order valence-electron chi connectivity index (χ4n) is 2.83. The van der Waals surface area contributed by atoms with E-state index < -0.39 is 5.60 Å². The van der Waals surface area contributed by atoms with Gasteiger partial charge in [-0.1, -0.05) is 74.5 Å². The molecule has 1 unspecified atom stereocenters. The Morgan fingerprint density at radius 3 is 1.61 bits per heavy atom. The third-order valence-corrected chi connectivity index (χ3v) is 4.37. The van der Waals surface area contributed by atoms with E-state index in [1.807, 2.05) is 26.0 Å². The molecule has 23 heavy (non-hydrogen) atoms. The topological polar surface area (TPSA) is 43.4 Å². The number of hydrogen-bond acceptors (Lipinski definition) is 3. The predicted octanol–water partition coefficient (Wildman–Crippen LogP) is 4.18. The lowest BCUT2D eigenvalue weighted by Crippen LogP contribution is -2.53. The summed E-state index contributed by atoms with van der Waals surface area (Å²) in [5.41, 5.74) is -0.532. The molecule has 3 heteroatoms. The number of carbonyl (C=O) groups excluding carboxylic acids is 2. The molecule has 0 spiro atoms. The number of carbonyl (C=O) groups is 2. The maximum atomic E-state index is 13.2. The largest absolute Gasteiger partial charge is 0.362 e. The van der Waals surface area contributed by atoms with Crippen LogP contribution in [-0.4, -0.2) is 24.3 Å². The fraction of sp³-hybridized carbons (Fsp3) is 0.300. The Kier molecular flexibility index (Phi) is 5.45. The third kappa shape index (κ3) is 3.10. The molecule has 1 atom stereocenters. The zero-order valence-corrected chi connectivity index (χ0v) is 13.8. The van der Waals surface area contributed by atoms with Crippen LogP contribution in [0.3, 0.4) is 0 Å². The monoisotopic (exact) mass is 310 g/mol. The lowest BCUT2D eigenvalue weighted by Gasteiger charge is -2.34. The van der Waals surface area contributed by atoms with Gasteiger partial charge >= 0.3 is 0 Å². The van der Waals surface area contributed by atoms with Gasteiger partial charge in [0, 0.05) is 18.2 Å². The molecule has 0 fully saturated rings. The standard InChI is InChI=1S/C20H22O3/c1-4-15(2)20(23-3,18(21)16-11-7-5-8-12-16)19(22)17-13-9-6-10-14-17/h5-15H,4H2,1-3H3. The minimum atomic E-state index is -1.50. The lowest BCUT2D eigenvalue weighted by atomic mass is 9.75. The zero-order chi connectivity index (χ0) is 16.9. The number of hydrogen-bond donors (Lipinski definition) is 0. The van der Waals surface area contributed by atoms with Gasteiger partial charge in [0.05, 0.1) is 0 Å². The summed E-state index contributed by atoms with van der Waals surface area (Å²) >= 11 is 0. The quantitative estimate of drug-likeness (QED) is 0.569.